The lowest BCUT2D eigenvalue weighted by atomic mass is 9.78. The van der Waals surface area contributed by atoms with Crippen LogP contribution in [0.2, 0.25) is 0 Å². The number of nitrogens with zero attached hydrogens (tertiary/aromatic N) is 3. The van der Waals surface area contributed by atoms with Gasteiger partial charge in [0.15, 0.2) is 0 Å². The van der Waals surface area contributed by atoms with E-state index in [-0.39, 0.29) is 16.7 Å². The number of rotatable bonds is 5. The number of carbonyl (C=O) groups is 1. The van der Waals surface area contributed by atoms with E-state index in [0.29, 0.717) is 18.7 Å². The van der Waals surface area contributed by atoms with Gasteiger partial charge in [-0.1, -0.05) is 41.5 Å². The Morgan fingerprint density at radius 3 is 2.10 bits per heavy atom. The third kappa shape index (κ3) is 5.92. The van der Waals surface area contributed by atoms with Crippen molar-refractivity contribution in [3.63, 3.8) is 0 Å². The third-order valence-corrected chi connectivity index (χ3v) is 4.81. The van der Waals surface area contributed by atoms with Gasteiger partial charge in [-0.05, 0) is 48.4 Å². The van der Waals surface area contributed by atoms with Crippen molar-refractivity contribution in [1.82, 2.24) is 15.2 Å². The quantitative estimate of drug-likeness (QED) is 0.581. The number of aromatic hydroxyl groups is 1. The Hall–Kier alpha value is -2.63. The first kappa shape index (κ1) is 22.7. The molecule has 6 nitrogen and oxygen atoms in total. The first-order chi connectivity index (χ1) is 13.3. The van der Waals surface area contributed by atoms with E-state index in [9.17, 15) is 9.90 Å². The highest BCUT2D eigenvalue weighted by atomic mass is 16.3. The maximum absolute atomic E-state index is 12.1. The van der Waals surface area contributed by atoms with Gasteiger partial charge in [-0.15, -0.1) is 0 Å². The molecule has 0 saturated carbocycles. The van der Waals surface area contributed by atoms with Crippen LogP contribution < -0.4 is 5.43 Å². The molecule has 2 aromatic rings. The molecule has 0 aliphatic rings. The molecule has 0 radical (unpaired) electrons. The highest BCUT2D eigenvalue weighted by molar-refractivity contribution is 5.83. The summed E-state index contributed by atoms with van der Waals surface area (Å²) in [7, 11) is 0. The second-order valence-electron chi connectivity index (χ2n) is 9.66. The summed E-state index contributed by atoms with van der Waals surface area (Å²) < 4.78 is 1.82. The molecular weight excluding hydrogens is 364 g/mol. The number of aryl methyl sites for hydroxylation is 3. The van der Waals surface area contributed by atoms with Gasteiger partial charge < -0.3 is 5.11 Å². The highest BCUT2D eigenvalue weighted by Crippen LogP contribution is 2.39. The monoisotopic (exact) mass is 398 g/mol. The molecule has 0 atom stereocenters. The summed E-state index contributed by atoms with van der Waals surface area (Å²) in [5.74, 6) is 0.163. The number of hydrogen-bond donors (Lipinski definition) is 2. The summed E-state index contributed by atoms with van der Waals surface area (Å²) in [5.41, 5.74) is 6.71. The van der Waals surface area contributed by atoms with Gasteiger partial charge in [0.25, 0.3) is 0 Å². The molecular formula is C23H34N4O2. The Morgan fingerprint density at radius 2 is 1.66 bits per heavy atom. The maximum Gasteiger partial charge on any atom is 0.241 e. The average molecular weight is 399 g/mol. The molecule has 1 amide bonds. The van der Waals surface area contributed by atoms with Gasteiger partial charge in [-0.25, -0.2) is 5.43 Å². The first-order valence-electron chi connectivity index (χ1n) is 10.00. The zero-order valence-electron chi connectivity index (χ0n) is 18.9. The fourth-order valence-corrected chi connectivity index (χ4v) is 3.22. The Labute approximate surface area is 174 Å². The molecule has 6 heteroatoms. The first-order valence-corrected chi connectivity index (χ1v) is 10.00. The third-order valence-electron chi connectivity index (χ3n) is 4.81. The minimum Gasteiger partial charge on any atom is -0.507 e. The smallest absolute Gasteiger partial charge is 0.241 e. The van der Waals surface area contributed by atoms with Crippen molar-refractivity contribution in [1.29, 1.82) is 0 Å². The lowest BCUT2D eigenvalue weighted by molar-refractivity contribution is -0.121. The normalized spacial score (nSPS) is 12.6. The molecule has 29 heavy (non-hydrogen) atoms. The summed E-state index contributed by atoms with van der Waals surface area (Å²) >= 11 is 0. The Kier molecular flexibility index (Phi) is 6.56. The van der Waals surface area contributed by atoms with Crippen LogP contribution in [0.3, 0.4) is 0 Å². The number of amides is 1. The van der Waals surface area contributed by atoms with Crippen LogP contribution in [-0.4, -0.2) is 27.0 Å². The van der Waals surface area contributed by atoms with E-state index in [0.717, 1.165) is 28.1 Å². The number of nitrogens with one attached hydrogen (secondary N) is 1. The number of hydrogen-bond acceptors (Lipinski definition) is 4. The number of phenols is 1. The molecule has 0 spiro atoms. The lowest BCUT2D eigenvalue weighted by Gasteiger charge is -2.27. The van der Waals surface area contributed by atoms with Crippen LogP contribution in [-0.2, 0) is 22.2 Å². The van der Waals surface area contributed by atoms with Crippen LogP contribution >= 0.6 is 0 Å². The number of carbonyl (C=O) groups excluding carboxylic acids is 1. The van der Waals surface area contributed by atoms with Gasteiger partial charge in [0, 0.05) is 23.2 Å². The van der Waals surface area contributed by atoms with Crippen LogP contribution in [0.15, 0.2) is 23.3 Å². The molecule has 1 aromatic heterocycles. The predicted octanol–water partition coefficient (Wildman–Crippen LogP) is 4.34. The van der Waals surface area contributed by atoms with Gasteiger partial charge in [0.2, 0.25) is 5.91 Å². The van der Waals surface area contributed by atoms with Crippen LogP contribution in [0.1, 0.15) is 76.0 Å². The van der Waals surface area contributed by atoms with Gasteiger partial charge in [0.05, 0.1) is 18.5 Å². The summed E-state index contributed by atoms with van der Waals surface area (Å²) in [6.45, 7) is 16.8. The second-order valence-corrected chi connectivity index (χ2v) is 9.66. The predicted molar refractivity (Wildman–Crippen MR) is 118 cm³/mol. The lowest BCUT2D eigenvalue weighted by Crippen LogP contribution is -2.20. The van der Waals surface area contributed by atoms with Crippen molar-refractivity contribution in [2.45, 2.75) is 79.2 Å². The topological polar surface area (TPSA) is 79.5 Å². The highest BCUT2D eigenvalue weighted by Gasteiger charge is 2.26. The molecule has 0 bridgehead atoms. The van der Waals surface area contributed by atoms with Crippen LogP contribution in [0.25, 0.3) is 0 Å². The van der Waals surface area contributed by atoms with Gasteiger partial charge in [0.1, 0.15) is 5.75 Å². The van der Waals surface area contributed by atoms with E-state index in [4.69, 9.17) is 0 Å². The summed E-state index contributed by atoms with van der Waals surface area (Å²) in [5, 5.41) is 19.3. The molecule has 1 aromatic carbocycles. The number of benzene rings is 1. The Morgan fingerprint density at radius 1 is 1.10 bits per heavy atom. The van der Waals surface area contributed by atoms with Gasteiger partial charge >= 0.3 is 0 Å². The molecule has 0 saturated heterocycles. The molecule has 0 unspecified atom stereocenters. The van der Waals surface area contributed by atoms with Gasteiger partial charge in [-0.3, -0.25) is 9.48 Å². The SMILES string of the molecule is Cc1cc(C)n(CCC(=O)NN=Cc2cc(C(C)(C)C)c(O)c(C(C)(C)C)c2)n1. The minimum atomic E-state index is -0.211. The largest absolute Gasteiger partial charge is 0.507 e. The van der Waals surface area contributed by atoms with Crippen molar-refractivity contribution in [2.24, 2.45) is 5.10 Å². The molecule has 1 heterocycles. The molecule has 158 valence electrons. The minimum absolute atomic E-state index is 0.167. The Bertz CT molecular complexity index is 877. The zero-order chi connectivity index (χ0) is 22.0. The van der Waals surface area contributed by atoms with E-state index < -0.39 is 0 Å². The zero-order valence-corrected chi connectivity index (χ0v) is 18.9. The summed E-state index contributed by atoms with van der Waals surface area (Å²) in [4.78, 5) is 12.1. The van der Waals surface area contributed by atoms with Crippen LogP contribution in [0, 0.1) is 13.8 Å². The van der Waals surface area contributed by atoms with E-state index in [2.05, 4.69) is 57.2 Å². The summed E-state index contributed by atoms with van der Waals surface area (Å²) in [6, 6.07) is 5.84. The average Bonchev–Trinajstić information content (AvgIpc) is 2.89. The fraction of sp³-hybridized carbons (Fsp3) is 0.522. The second kappa shape index (κ2) is 8.39. The molecule has 2 N–H and O–H groups in total. The standard InChI is InChI=1S/C23H34N4O2/c1-15-11-16(2)27(26-15)10-9-20(28)25-24-14-17-12-18(22(3,4)5)21(29)19(13-17)23(6,7)8/h11-14,29H,9-10H2,1-8H3,(H,25,28). The molecule has 2 rings (SSSR count). The number of hydrazone groups is 1. The van der Waals surface area contributed by atoms with Crippen molar-refractivity contribution in [3.05, 3.63) is 46.3 Å². The van der Waals surface area contributed by atoms with Crippen molar-refractivity contribution in [2.75, 3.05) is 0 Å². The summed E-state index contributed by atoms with van der Waals surface area (Å²) in [6.07, 6.45) is 1.93. The fourth-order valence-electron chi connectivity index (χ4n) is 3.22. The molecule has 0 aliphatic carbocycles. The van der Waals surface area contributed by atoms with Crippen LogP contribution in [0.5, 0.6) is 5.75 Å². The molecule has 0 aliphatic heterocycles. The van der Waals surface area contributed by atoms with Crippen molar-refractivity contribution >= 4 is 12.1 Å². The van der Waals surface area contributed by atoms with E-state index in [1.807, 2.05) is 36.7 Å². The van der Waals surface area contributed by atoms with Crippen molar-refractivity contribution in [3.8, 4) is 5.75 Å². The number of phenolic OH excluding ortho intramolecular Hbond substituents is 1. The van der Waals surface area contributed by atoms with Gasteiger partial charge in [-0.2, -0.15) is 10.2 Å². The van der Waals surface area contributed by atoms with E-state index >= 15 is 0 Å². The van der Waals surface area contributed by atoms with Crippen LogP contribution in [0.4, 0.5) is 0 Å². The number of aromatic nitrogens is 2. The Balaban J connectivity index is 2.13. The van der Waals surface area contributed by atoms with E-state index in [1.54, 1.807) is 6.21 Å². The molecule has 0 fully saturated rings. The van der Waals surface area contributed by atoms with Crippen molar-refractivity contribution < 1.29 is 9.90 Å². The van der Waals surface area contributed by atoms with E-state index in [1.165, 1.54) is 0 Å². The maximum atomic E-state index is 12.1.